The van der Waals surface area contributed by atoms with Gasteiger partial charge in [-0.3, -0.25) is 9.59 Å². The average molecular weight is 449 g/mol. The van der Waals surface area contributed by atoms with E-state index in [1.807, 2.05) is 37.3 Å². The van der Waals surface area contributed by atoms with Crippen molar-refractivity contribution in [2.45, 2.75) is 59.8 Å². The zero-order valence-corrected chi connectivity index (χ0v) is 20.5. The minimum absolute atomic E-state index is 0.00184. The van der Waals surface area contributed by atoms with Crippen LogP contribution in [0.5, 0.6) is 5.75 Å². The molecule has 0 heterocycles. The van der Waals surface area contributed by atoms with E-state index in [2.05, 4.69) is 37.5 Å². The summed E-state index contributed by atoms with van der Waals surface area (Å²) in [6.45, 7) is 8.38. The highest BCUT2D eigenvalue weighted by Crippen LogP contribution is 2.67. The molecule has 1 spiro atoms. The summed E-state index contributed by atoms with van der Waals surface area (Å²) >= 11 is 0. The molecule has 4 rings (SSSR count). The molecule has 0 bridgehead atoms. The number of aryl methyl sites for hydroxylation is 2. The average Bonchev–Trinajstić information content (AvgIpc) is 3.36. The van der Waals surface area contributed by atoms with Crippen LogP contribution in [-0.2, 0) is 16.0 Å². The largest absolute Gasteiger partial charge is 0.496 e. The topological polar surface area (TPSA) is 67.4 Å². The molecule has 2 aromatic carbocycles. The van der Waals surface area contributed by atoms with Gasteiger partial charge in [0.2, 0.25) is 11.8 Å². The first-order valence-electron chi connectivity index (χ1n) is 12.2. The lowest BCUT2D eigenvalue weighted by Gasteiger charge is -2.29. The summed E-state index contributed by atoms with van der Waals surface area (Å²) in [6, 6.07) is 11.8. The van der Waals surface area contributed by atoms with E-state index in [0.717, 1.165) is 54.8 Å². The summed E-state index contributed by atoms with van der Waals surface area (Å²) in [7, 11) is 1.65. The summed E-state index contributed by atoms with van der Waals surface area (Å²) < 4.78 is 5.30. The molecule has 2 aliphatic carbocycles. The monoisotopic (exact) mass is 448 g/mol. The maximum Gasteiger partial charge on any atom is 0.228 e. The summed E-state index contributed by atoms with van der Waals surface area (Å²) in [6.07, 6.45) is 4.43. The van der Waals surface area contributed by atoms with Gasteiger partial charge in [0.15, 0.2) is 0 Å². The molecule has 2 N–H and O–H groups in total. The molecule has 2 atom stereocenters. The molecule has 5 heteroatoms. The predicted octanol–water partition coefficient (Wildman–Crippen LogP) is 5.89. The van der Waals surface area contributed by atoms with Gasteiger partial charge in [-0.15, -0.1) is 0 Å². The van der Waals surface area contributed by atoms with Crippen molar-refractivity contribution in [1.82, 2.24) is 0 Å². The lowest BCUT2D eigenvalue weighted by Crippen LogP contribution is -2.30. The first kappa shape index (κ1) is 23.3. The number of hydrogen-bond acceptors (Lipinski definition) is 3. The molecule has 2 unspecified atom stereocenters. The van der Waals surface area contributed by atoms with E-state index in [9.17, 15) is 9.59 Å². The third-order valence-electron chi connectivity index (χ3n) is 8.17. The number of amides is 2. The molecule has 176 valence electrons. The van der Waals surface area contributed by atoms with E-state index in [1.165, 1.54) is 11.1 Å². The van der Waals surface area contributed by atoms with Crippen LogP contribution in [0, 0.1) is 37.0 Å². The molecule has 33 heavy (non-hydrogen) atoms. The Kier molecular flexibility index (Phi) is 6.51. The highest BCUT2D eigenvalue weighted by Gasteiger charge is 2.65. The molecule has 2 aromatic rings. The van der Waals surface area contributed by atoms with Crippen molar-refractivity contribution in [1.29, 1.82) is 0 Å². The van der Waals surface area contributed by atoms with Crippen molar-refractivity contribution in [3.8, 4) is 5.75 Å². The number of methoxy groups -OCH3 is 1. The second-order valence-electron chi connectivity index (χ2n) is 9.89. The molecule has 2 saturated carbocycles. The number of hydrogen-bond donors (Lipinski definition) is 2. The maximum atomic E-state index is 13.2. The first-order valence-corrected chi connectivity index (χ1v) is 12.2. The summed E-state index contributed by atoms with van der Waals surface area (Å²) in [5.74, 6) is 1.43. The Morgan fingerprint density at radius 1 is 1.03 bits per heavy atom. The molecule has 0 radical (unpaired) electrons. The zero-order valence-electron chi connectivity index (χ0n) is 20.5. The number of benzene rings is 2. The van der Waals surface area contributed by atoms with Gasteiger partial charge in [-0.05, 0) is 98.2 Å². The molecule has 0 saturated heterocycles. The van der Waals surface area contributed by atoms with Crippen LogP contribution in [0.15, 0.2) is 36.4 Å². The molecule has 0 aliphatic heterocycles. The molecular formula is C28H36N2O3. The smallest absolute Gasteiger partial charge is 0.228 e. The Hall–Kier alpha value is -2.82. The highest BCUT2D eigenvalue weighted by atomic mass is 16.5. The lowest BCUT2D eigenvalue weighted by atomic mass is 9.77. The van der Waals surface area contributed by atoms with Crippen LogP contribution in [0.1, 0.15) is 56.2 Å². The number of carbonyl (C=O) groups is 2. The van der Waals surface area contributed by atoms with E-state index < -0.39 is 0 Å². The third-order valence-corrected chi connectivity index (χ3v) is 8.17. The van der Waals surface area contributed by atoms with E-state index in [0.29, 0.717) is 5.92 Å². The third kappa shape index (κ3) is 4.38. The second-order valence-corrected chi connectivity index (χ2v) is 9.89. The fourth-order valence-electron chi connectivity index (χ4n) is 6.07. The fourth-order valence-corrected chi connectivity index (χ4v) is 6.07. The molecule has 5 nitrogen and oxygen atoms in total. The van der Waals surface area contributed by atoms with E-state index in [4.69, 9.17) is 4.74 Å². The van der Waals surface area contributed by atoms with Crippen LogP contribution in [0.2, 0.25) is 0 Å². The Morgan fingerprint density at radius 3 is 2.39 bits per heavy atom. The Labute approximate surface area is 197 Å². The Morgan fingerprint density at radius 2 is 1.76 bits per heavy atom. The van der Waals surface area contributed by atoms with Crippen molar-refractivity contribution in [3.05, 3.63) is 53.1 Å². The van der Waals surface area contributed by atoms with Crippen molar-refractivity contribution in [2.75, 3.05) is 17.7 Å². The second kappa shape index (κ2) is 9.20. The number of rotatable bonds is 6. The van der Waals surface area contributed by atoms with Crippen LogP contribution in [-0.4, -0.2) is 18.9 Å². The Balaban J connectivity index is 1.35. The van der Waals surface area contributed by atoms with E-state index >= 15 is 0 Å². The standard InChI is InChI=1S/C28H36N2O3/c1-6-22-17(2)8-7-9-23(22)30-27(32)25-19(4)28(25)14-12-20(13-15-28)26(31)29-21-10-11-24(33-5)18(3)16-21/h7-11,16,19-20,25H,6,12-15H2,1-5H3,(H,29,31)(H,30,32). The van der Waals surface area contributed by atoms with Gasteiger partial charge >= 0.3 is 0 Å². The molecule has 0 aromatic heterocycles. The van der Waals surface area contributed by atoms with E-state index in [-0.39, 0.29) is 29.1 Å². The Bertz CT molecular complexity index is 1050. The van der Waals surface area contributed by atoms with Gasteiger partial charge in [-0.25, -0.2) is 0 Å². The number of nitrogens with one attached hydrogen (secondary N) is 2. The SMILES string of the molecule is CCc1c(C)cccc1NC(=O)C1C(C)C12CCC(C(=O)Nc1ccc(OC)c(C)c1)CC2. The summed E-state index contributed by atoms with van der Waals surface area (Å²) in [4.78, 5) is 26.1. The van der Waals surface area contributed by atoms with Gasteiger partial charge in [0.05, 0.1) is 7.11 Å². The van der Waals surface area contributed by atoms with Gasteiger partial charge in [0, 0.05) is 23.2 Å². The number of anilines is 2. The summed E-state index contributed by atoms with van der Waals surface area (Å²) in [5, 5.41) is 6.29. The van der Waals surface area contributed by atoms with Crippen LogP contribution < -0.4 is 15.4 Å². The minimum atomic E-state index is -0.00184. The lowest BCUT2D eigenvalue weighted by molar-refractivity contribution is -0.121. The minimum Gasteiger partial charge on any atom is -0.496 e. The molecule has 2 amide bonds. The van der Waals surface area contributed by atoms with Crippen LogP contribution in [0.3, 0.4) is 0 Å². The van der Waals surface area contributed by atoms with Crippen molar-refractivity contribution in [3.63, 3.8) is 0 Å². The zero-order chi connectivity index (χ0) is 23.8. The van der Waals surface area contributed by atoms with Gasteiger partial charge in [-0.2, -0.15) is 0 Å². The summed E-state index contributed by atoms with van der Waals surface area (Å²) in [5.41, 5.74) is 5.22. The fraction of sp³-hybridized carbons (Fsp3) is 0.500. The van der Waals surface area contributed by atoms with Crippen molar-refractivity contribution >= 4 is 23.2 Å². The van der Waals surface area contributed by atoms with Crippen molar-refractivity contribution < 1.29 is 14.3 Å². The van der Waals surface area contributed by atoms with Crippen LogP contribution >= 0.6 is 0 Å². The molecule has 2 fully saturated rings. The normalized spacial score (nSPS) is 26.0. The predicted molar refractivity (Wildman–Crippen MR) is 133 cm³/mol. The quantitative estimate of drug-likeness (QED) is 0.579. The highest BCUT2D eigenvalue weighted by molar-refractivity contribution is 5.96. The van der Waals surface area contributed by atoms with Gasteiger partial charge < -0.3 is 15.4 Å². The van der Waals surface area contributed by atoms with Gasteiger partial charge in [-0.1, -0.05) is 26.0 Å². The number of ether oxygens (including phenoxy) is 1. The maximum absolute atomic E-state index is 13.2. The van der Waals surface area contributed by atoms with Gasteiger partial charge in [0.25, 0.3) is 0 Å². The molecular weight excluding hydrogens is 412 g/mol. The molecule has 2 aliphatic rings. The van der Waals surface area contributed by atoms with Crippen LogP contribution in [0.25, 0.3) is 0 Å². The number of carbonyl (C=O) groups excluding carboxylic acids is 2. The first-order chi connectivity index (χ1) is 15.8. The van der Waals surface area contributed by atoms with E-state index in [1.54, 1.807) is 7.11 Å². The van der Waals surface area contributed by atoms with Crippen molar-refractivity contribution in [2.24, 2.45) is 23.2 Å². The van der Waals surface area contributed by atoms with Gasteiger partial charge in [0.1, 0.15) is 5.75 Å². The van der Waals surface area contributed by atoms with Crippen LogP contribution in [0.4, 0.5) is 11.4 Å².